The number of benzene rings is 2. The Labute approximate surface area is 121 Å². The molecule has 0 saturated carbocycles. The molecule has 0 N–H and O–H groups in total. The van der Waals surface area contributed by atoms with Crippen LogP contribution in [0.3, 0.4) is 0 Å². The number of carbonyl (C=O) groups is 2. The first kappa shape index (κ1) is 12.3. The third-order valence-corrected chi connectivity index (χ3v) is 4.42. The molecule has 0 fully saturated rings. The van der Waals surface area contributed by atoms with Crippen LogP contribution >= 0.6 is 0 Å². The summed E-state index contributed by atoms with van der Waals surface area (Å²) in [5.41, 5.74) is 1.61. The number of ketones is 2. The van der Waals surface area contributed by atoms with Crippen LogP contribution in [0.15, 0.2) is 36.4 Å². The van der Waals surface area contributed by atoms with Crippen molar-refractivity contribution < 1.29 is 9.59 Å². The van der Waals surface area contributed by atoms with Crippen LogP contribution in [0.1, 0.15) is 22.8 Å². The Morgan fingerprint density at radius 2 is 1.76 bits per heavy atom. The van der Waals surface area contributed by atoms with Crippen LogP contribution in [0.4, 0.5) is 0 Å². The summed E-state index contributed by atoms with van der Waals surface area (Å²) >= 11 is 0. The van der Waals surface area contributed by atoms with Gasteiger partial charge in [0, 0.05) is 17.9 Å². The quantitative estimate of drug-likeness (QED) is 0.729. The van der Waals surface area contributed by atoms with Gasteiger partial charge in [-0.2, -0.15) is 0 Å². The lowest BCUT2D eigenvalue weighted by molar-refractivity contribution is -0.120. The first-order chi connectivity index (χ1) is 10.1. The van der Waals surface area contributed by atoms with E-state index in [0.717, 1.165) is 26.4 Å². The van der Waals surface area contributed by atoms with Crippen LogP contribution < -0.4 is 10.4 Å². The minimum Gasteiger partial charge on any atom is -0.299 e. The fraction of sp³-hybridized carbons (Fsp3) is 0.158. The molecule has 102 valence electrons. The Morgan fingerprint density at radius 1 is 0.952 bits per heavy atom. The molecule has 2 aromatic rings. The molecule has 1 atom stereocenters. The maximum absolute atomic E-state index is 12.5. The molecule has 2 nitrogen and oxygen atoms in total. The molecule has 2 aliphatic rings. The van der Waals surface area contributed by atoms with Crippen LogP contribution in [0.2, 0.25) is 0 Å². The summed E-state index contributed by atoms with van der Waals surface area (Å²) in [5, 5.41) is 4.00. The summed E-state index contributed by atoms with van der Waals surface area (Å²) in [6.45, 7) is 1.91. The van der Waals surface area contributed by atoms with Crippen LogP contribution in [0, 0.1) is 16.4 Å². The van der Waals surface area contributed by atoms with E-state index >= 15 is 0 Å². The van der Waals surface area contributed by atoms with E-state index in [4.69, 9.17) is 0 Å². The largest absolute Gasteiger partial charge is 0.299 e. The summed E-state index contributed by atoms with van der Waals surface area (Å²) in [6.07, 6.45) is 4.01. The van der Waals surface area contributed by atoms with E-state index in [1.807, 2.05) is 49.4 Å². The van der Waals surface area contributed by atoms with E-state index in [1.54, 1.807) is 6.08 Å². The fourth-order valence-electron chi connectivity index (χ4n) is 3.30. The Bertz CT molecular complexity index is 1010. The Hall–Kier alpha value is -2.48. The molecule has 21 heavy (non-hydrogen) atoms. The van der Waals surface area contributed by atoms with Crippen molar-refractivity contribution in [2.75, 3.05) is 0 Å². The zero-order valence-electron chi connectivity index (χ0n) is 11.7. The SMILES string of the molecule is CC1C=c2ccc3c(c2CC1=O)C(=O)C=c1ccccc1=3. The van der Waals surface area contributed by atoms with Gasteiger partial charge in [-0.3, -0.25) is 9.59 Å². The molecule has 0 radical (unpaired) electrons. The minimum atomic E-state index is -0.0643. The number of carbonyl (C=O) groups excluding carboxylic acids is 2. The average Bonchev–Trinajstić information content (AvgIpc) is 2.48. The zero-order valence-corrected chi connectivity index (χ0v) is 11.7. The molecule has 0 bridgehead atoms. The maximum Gasteiger partial charge on any atom is 0.187 e. The molecule has 2 heteroatoms. The highest BCUT2D eigenvalue weighted by Crippen LogP contribution is 2.18. The Morgan fingerprint density at radius 3 is 2.62 bits per heavy atom. The highest BCUT2D eigenvalue weighted by molar-refractivity contribution is 6.19. The van der Waals surface area contributed by atoms with Gasteiger partial charge in [0.1, 0.15) is 5.78 Å². The summed E-state index contributed by atoms with van der Waals surface area (Å²) in [5.74, 6) is 0.129. The van der Waals surface area contributed by atoms with Crippen molar-refractivity contribution in [2.24, 2.45) is 5.92 Å². The summed E-state index contributed by atoms with van der Waals surface area (Å²) in [6, 6.07) is 11.9. The minimum absolute atomic E-state index is 0.0105. The van der Waals surface area contributed by atoms with Gasteiger partial charge in [0.25, 0.3) is 0 Å². The van der Waals surface area contributed by atoms with Crippen LogP contribution in [0.5, 0.6) is 0 Å². The summed E-state index contributed by atoms with van der Waals surface area (Å²) in [7, 11) is 0. The highest BCUT2D eigenvalue weighted by Gasteiger charge is 2.23. The van der Waals surface area contributed by atoms with Gasteiger partial charge in [-0.25, -0.2) is 0 Å². The van der Waals surface area contributed by atoms with Crippen molar-refractivity contribution in [1.29, 1.82) is 0 Å². The monoisotopic (exact) mass is 274 g/mol. The standard InChI is InChI=1S/C19H14O2/c1-11-8-13-6-7-15-14-5-3-2-4-12(14)9-18(21)19(15)16(13)10-17(11)20/h2-9,11H,10H2,1H3. The average molecular weight is 274 g/mol. The molecule has 0 aromatic heterocycles. The van der Waals surface area contributed by atoms with E-state index in [-0.39, 0.29) is 17.5 Å². The van der Waals surface area contributed by atoms with E-state index in [2.05, 4.69) is 0 Å². The Balaban J connectivity index is 2.24. The predicted molar refractivity (Wildman–Crippen MR) is 80.9 cm³/mol. The van der Waals surface area contributed by atoms with Crippen molar-refractivity contribution >= 4 is 23.7 Å². The summed E-state index contributed by atoms with van der Waals surface area (Å²) in [4.78, 5) is 24.6. The highest BCUT2D eigenvalue weighted by atomic mass is 16.1. The number of rotatable bonds is 0. The fourth-order valence-corrected chi connectivity index (χ4v) is 3.30. The third-order valence-electron chi connectivity index (χ3n) is 4.42. The third kappa shape index (κ3) is 1.72. The van der Waals surface area contributed by atoms with Gasteiger partial charge in [-0.15, -0.1) is 0 Å². The molecule has 0 spiro atoms. The molecule has 0 heterocycles. The van der Waals surface area contributed by atoms with Gasteiger partial charge in [0.05, 0.1) is 0 Å². The maximum atomic E-state index is 12.5. The topological polar surface area (TPSA) is 34.1 Å². The number of fused-ring (bicyclic) bond motifs is 4. The van der Waals surface area contributed by atoms with E-state index in [0.29, 0.717) is 12.0 Å². The lowest BCUT2D eigenvalue weighted by Gasteiger charge is -2.17. The molecule has 2 aliphatic carbocycles. The number of hydrogen-bond donors (Lipinski definition) is 0. The molecular formula is C19H14O2. The lowest BCUT2D eigenvalue weighted by atomic mass is 9.84. The van der Waals surface area contributed by atoms with Crippen molar-refractivity contribution in [3.63, 3.8) is 0 Å². The van der Waals surface area contributed by atoms with E-state index in [9.17, 15) is 9.59 Å². The second-order valence-corrected chi connectivity index (χ2v) is 5.75. The van der Waals surface area contributed by atoms with Crippen molar-refractivity contribution in [2.45, 2.75) is 13.3 Å². The first-order valence-electron chi connectivity index (χ1n) is 7.17. The van der Waals surface area contributed by atoms with Crippen molar-refractivity contribution in [3.8, 4) is 0 Å². The van der Waals surface area contributed by atoms with Gasteiger partial charge >= 0.3 is 0 Å². The second kappa shape index (κ2) is 4.26. The molecule has 1 unspecified atom stereocenters. The first-order valence-corrected chi connectivity index (χ1v) is 7.17. The van der Waals surface area contributed by atoms with Gasteiger partial charge in [-0.05, 0) is 32.5 Å². The van der Waals surface area contributed by atoms with Crippen LogP contribution in [0.25, 0.3) is 12.2 Å². The summed E-state index contributed by atoms with van der Waals surface area (Å²) < 4.78 is 0. The van der Waals surface area contributed by atoms with Crippen molar-refractivity contribution in [3.05, 3.63) is 68.4 Å². The molecule has 2 aromatic carbocycles. The molecule has 0 saturated heterocycles. The molecular weight excluding hydrogens is 260 g/mol. The molecule has 0 aliphatic heterocycles. The number of Topliss-reactive ketones (excluding diaryl/α,β-unsaturated/α-hetero) is 2. The van der Waals surface area contributed by atoms with Gasteiger partial charge in [0.2, 0.25) is 0 Å². The van der Waals surface area contributed by atoms with E-state index < -0.39 is 0 Å². The van der Waals surface area contributed by atoms with Gasteiger partial charge in [0.15, 0.2) is 5.78 Å². The molecule has 4 rings (SSSR count). The van der Waals surface area contributed by atoms with E-state index in [1.165, 1.54) is 0 Å². The predicted octanol–water partition coefficient (Wildman–Crippen LogP) is 1.49. The lowest BCUT2D eigenvalue weighted by Crippen LogP contribution is -2.29. The zero-order chi connectivity index (χ0) is 14.6. The van der Waals surface area contributed by atoms with Crippen LogP contribution in [-0.4, -0.2) is 11.6 Å². The second-order valence-electron chi connectivity index (χ2n) is 5.75. The van der Waals surface area contributed by atoms with Gasteiger partial charge < -0.3 is 0 Å². The van der Waals surface area contributed by atoms with Crippen LogP contribution in [-0.2, 0) is 11.2 Å². The number of hydrogen-bond acceptors (Lipinski definition) is 2. The Kier molecular flexibility index (Phi) is 2.49. The van der Waals surface area contributed by atoms with Gasteiger partial charge in [-0.1, -0.05) is 49.4 Å². The van der Waals surface area contributed by atoms with Crippen molar-refractivity contribution in [1.82, 2.24) is 0 Å². The normalized spacial score (nSPS) is 19.0. The molecule has 0 amide bonds. The smallest absolute Gasteiger partial charge is 0.187 e.